The number of unbranched alkanes of at least 4 members (excludes halogenated alkanes) is 3. The maximum Gasteiger partial charge on any atom is 0.338 e. The molecule has 1 saturated carbocycles. The van der Waals surface area contributed by atoms with Crippen LogP contribution in [-0.2, 0) is 14.3 Å². The Morgan fingerprint density at radius 2 is 2.00 bits per heavy atom. The molecule has 0 spiro atoms. The van der Waals surface area contributed by atoms with E-state index in [4.69, 9.17) is 9.47 Å². The maximum atomic E-state index is 13.1. The molecule has 1 aromatic carbocycles. The summed E-state index contributed by atoms with van der Waals surface area (Å²) < 4.78 is 11.6. The summed E-state index contributed by atoms with van der Waals surface area (Å²) in [6, 6.07) is 7.41. The Morgan fingerprint density at radius 3 is 2.68 bits per heavy atom. The van der Waals surface area contributed by atoms with E-state index in [1.807, 2.05) is 39.0 Å². The Kier molecular flexibility index (Phi) is 8.53. The largest absolute Gasteiger partial charge is 0.465 e. The first-order valence-corrected chi connectivity index (χ1v) is 10.8. The molecule has 1 aromatic rings. The second kappa shape index (κ2) is 10.6. The van der Waals surface area contributed by atoms with Gasteiger partial charge >= 0.3 is 11.9 Å². The summed E-state index contributed by atoms with van der Waals surface area (Å²) in [7, 11) is 0. The van der Waals surface area contributed by atoms with Crippen LogP contribution in [0.3, 0.4) is 0 Å². The highest BCUT2D eigenvalue weighted by molar-refractivity contribution is 5.90. The molecule has 0 heterocycles. The molecule has 2 unspecified atom stereocenters. The normalized spacial score (nSPS) is 21.7. The molecule has 0 radical (unpaired) electrons. The molecule has 0 saturated heterocycles. The standard InChI is InChI=1S/C24H36O4/c1-5-6-7-8-14-24(23(26)27-17-18(2)3)15-10-13-21(24)28-22(25)20-12-9-11-19(4)16-20/h9,11-12,16,18,21H,5-8,10,13-15,17H2,1-4H3. The predicted octanol–water partition coefficient (Wildman–Crippen LogP) is 5.86. The summed E-state index contributed by atoms with van der Waals surface area (Å²) >= 11 is 0. The maximum absolute atomic E-state index is 13.1. The Bertz CT molecular complexity index is 652. The van der Waals surface area contributed by atoms with Gasteiger partial charge in [0.25, 0.3) is 0 Å². The zero-order chi connectivity index (χ0) is 20.6. The third-order valence-corrected chi connectivity index (χ3v) is 5.64. The Morgan fingerprint density at radius 1 is 1.21 bits per heavy atom. The number of aryl methyl sites for hydroxylation is 1. The SMILES string of the molecule is CCCCCCC1(C(=O)OCC(C)C)CCCC1OC(=O)c1cccc(C)c1. The number of benzene rings is 1. The lowest BCUT2D eigenvalue weighted by molar-refractivity contribution is -0.163. The summed E-state index contributed by atoms with van der Waals surface area (Å²) in [5.74, 6) is -0.238. The first kappa shape index (κ1) is 22.4. The summed E-state index contributed by atoms with van der Waals surface area (Å²) in [6.45, 7) is 8.60. The third kappa shape index (κ3) is 5.83. The average molecular weight is 389 g/mol. The van der Waals surface area contributed by atoms with E-state index in [1.165, 1.54) is 0 Å². The van der Waals surface area contributed by atoms with E-state index in [0.29, 0.717) is 12.2 Å². The van der Waals surface area contributed by atoms with Gasteiger partial charge in [-0.25, -0.2) is 4.79 Å². The minimum atomic E-state index is -0.692. The first-order chi connectivity index (χ1) is 13.4. The number of ether oxygens (including phenoxy) is 2. The molecule has 0 amide bonds. The van der Waals surface area contributed by atoms with Gasteiger partial charge in [-0.15, -0.1) is 0 Å². The molecule has 156 valence electrons. The molecule has 1 aliphatic rings. The molecule has 0 bridgehead atoms. The van der Waals surface area contributed by atoms with Gasteiger partial charge in [-0.3, -0.25) is 4.79 Å². The number of rotatable bonds is 10. The monoisotopic (exact) mass is 388 g/mol. The van der Waals surface area contributed by atoms with Gasteiger partial charge in [0.15, 0.2) is 0 Å². The van der Waals surface area contributed by atoms with Crippen molar-refractivity contribution < 1.29 is 19.1 Å². The molecular weight excluding hydrogens is 352 g/mol. The van der Waals surface area contributed by atoms with Gasteiger partial charge in [0, 0.05) is 0 Å². The molecule has 4 heteroatoms. The Labute approximate surface area is 170 Å². The van der Waals surface area contributed by atoms with Gasteiger partial charge in [-0.2, -0.15) is 0 Å². The lowest BCUT2D eigenvalue weighted by Gasteiger charge is -2.33. The molecule has 2 atom stereocenters. The van der Waals surface area contributed by atoms with Crippen LogP contribution in [0.4, 0.5) is 0 Å². The van der Waals surface area contributed by atoms with Gasteiger partial charge in [-0.1, -0.05) is 64.2 Å². The lowest BCUT2D eigenvalue weighted by Crippen LogP contribution is -2.42. The van der Waals surface area contributed by atoms with Gasteiger partial charge in [0.1, 0.15) is 11.5 Å². The fraction of sp³-hybridized carbons (Fsp3) is 0.667. The van der Waals surface area contributed by atoms with Crippen molar-refractivity contribution in [2.45, 2.75) is 85.2 Å². The smallest absolute Gasteiger partial charge is 0.338 e. The van der Waals surface area contributed by atoms with Crippen LogP contribution in [-0.4, -0.2) is 24.6 Å². The highest BCUT2D eigenvalue weighted by Crippen LogP contribution is 2.46. The number of esters is 2. The third-order valence-electron chi connectivity index (χ3n) is 5.64. The minimum Gasteiger partial charge on any atom is -0.465 e. The highest BCUT2D eigenvalue weighted by Gasteiger charge is 2.52. The van der Waals surface area contributed by atoms with E-state index in [0.717, 1.165) is 56.9 Å². The predicted molar refractivity (Wildman–Crippen MR) is 111 cm³/mol. The summed E-state index contributed by atoms with van der Waals surface area (Å²) in [5, 5.41) is 0. The van der Waals surface area contributed by atoms with Crippen molar-refractivity contribution >= 4 is 11.9 Å². The van der Waals surface area contributed by atoms with Crippen molar-refractivity contribution in [2.24, 2.45) is 11.3 Å². The van der Waals surface area contributed by atoms with Crippen LogP contribution >= 0.6 is 0 Å². The van der Waals surface area contributed by atoms with Gasteiger partial charge in [-0.05, 0) is 50.7 Å². The molecule has 0 N–H and O–H groups in total. The van der Waals surface area contributed by atoms with E-state index in [1.54, 1.807) is 6.07 Å². The van der Waals surface area contributed by atoms with Crippen LogP contribution in [0.15, 0.2) is 24.3 Å². The van der Waals surface area contributed by atoms with Gasteiger partial charge in [0.2, 0.25) is 0 Å². The van der Waals surface area contributed by atoms with Crippen LogP contribution < -0.4 is 0 Å². The highest BCUT2D eigenvalue weighted by atomic mass is 16.6. The molecule has 0 aromatic heterocycles. The lowest BCUT2D eigenvalue weighted by atomic mass is 9.78. The summed E-state index contributed by atoms with van der Waals surface area (Å²) in [5.41, 5.74) is 0.868. The number of carbonyl (C=O) groups excluding carboxylic acids is 2. The van der Waals surface area contributed by atoms with Crippen LogP contribution in [0, 0.1) is 18.3 Å². The van der Waals surface area contributed by atoms with Crippen molar-refractivity contribution in [1.82, 2.24) is 0 Å². The van der Waals surface area contributed by atoms with Crippen LogP contribution in [0.1, 0.15) is 88.1 Å². The summed E-state index contributed by atoms with van der Waals surface area (Å²) in [6.07, 6.45) is 7.04. The zero-order valence-electron chi connectivity index (χ0n) is 18.0. The summed E-state index contributed by atoms with van der Waals surface area (Å²) in [4.78, 5) is 25.8. The van der Waals surface area contributed by atoms with Crippen molar-refractivity contribution in [3.63, 3.8) is 0 Å². The fourth-order valence-electron chi connectivity index (χ4n) is 4.06. The van der Waals surface area contributed by atoms with Crippen molar-refractivity contribution in [2.75, 3.05) is 6.61 Å². The van der Waals surface area contributed by atoms with Crippen LogP contribution in [0.25, 0.3) is 0 Å². The molecule has 0 aliphatic heterocycles. The first-order valence-electron chi connectivity index (χ1n) is 10.8. The quantitative estimate of drug-likeness (QED) is 0.372. The number of carbonyl (C=O) groups is 2. The zero-order valence-corrected chi connectivity index (χ0v) is 18.0. The van der Waals surface area contributed by atoms with Gasteiger partial charge in [0.05, 0.1) is 12.2 Å². The van der Waals surface area contributed by atoms with E-state index in [2.05, 4.69) is 6.92 Å². The molecule has 4 nitrogen and oxygen atoms in total. The van der Waals surface area contributed by atoms with E-state index >= 15 is 0 Å². The molecule has 1 aliphatic carbocycles. The Hall–Kier alpha value is -1.84. The second-order valence-electron chi connectivity index (χ2n) is 8.61. The van der Waals surface area contributed by atoms with Crippen molar-refractivity contribution in [3.05, 3.63) is 35.4 Å². The molecule has 1 fully saturated rings. The number of hydrogen-bond acceptors (Lipinski definition) is 4. The minimum absolute atomic E-state index is 0.183. The molecule has 28 heavy (non-hydrogen) atoms. The van der Waals surface area contributed by atoms with E-state index in [9.17, 15) is 9.59 Å². The second-order valence-corrected chi connectivity index (χ2v) is 8.61. The fourth-order valence-corrected chi connectivity index (χ4v) is 4.06. The van der Waals surface area contributed by atoms with E-state index < -0.39 is 11.5 Å². The van der Waals surface area contributed by atoms with Crippen LogP contribution in [0.2, 0.25) is 0 Å². The van der Waals surface area contributed by atoms with Crippen LogP contribution in [0.5, 0.6) is 0 Å². The topological polar surface area (TPSA) is 52.6 Å². The van der Waals surface area contributed by atoms with E-state index in [-0.39, 0.29) is 17.9 Å². The van der Waals surface area contributed by atoms with Crippen molar-refractivity contribution in [3.8, 4) is 0 Å². The number of hydrogen-bond donors (Lipinski definition) is 0. The molecular formula is C24H36O4. The van der Waals surface area contributed by atoms with Gasteiger partial charge < -0.3 is 9.47 Å². The van der Waals surface area contributed by atoms with Crippen molar-refractivity contribution in [1.29, 1.82) is 0 Å². The average Bonchev–Trinajstić information content (AvgIpc) is 3.06. The molecule has 2 rings (SSSR count). The Balaban J connectivity index is 2.15.